The van der Waals surface area contributed by atoms with Crippen molar-refractivity contribution in [3.63, 3.8) is 0 Å². The van der Waals surface area contributed by atoms with Crippen LogP contribution in [0.15, 0.2) is 24.3 Å². The molecule has 2 rings (SSSR count). The third kappa shape index (κ3) is 3.14. The van der Waals surface area contributed by atoms with E-state index in [1.807, 2.05) is 0 Å². The maximum absolute atomic E-state index is 2.36. The molecule has 1 nitrogen and oxygen atoms in total. The summed E-state index contributed by atoms with van der Waals surface area (Å²) in [6.07, 6.45) is 1.21. The summed E-state index contributed by atoms with van der Waals surface area (Å²) in [6.45, 7) is 2.33. The first-order valence-electron chi connectivity index (χ1n) is 4.11. The second-order valence-electron chi connectivity index (χ2n) is 3.26. The van der Waals surface area contributed by atoms with Gasteiger partial charge >= 0.3 is 29.6 Å². The molecule has 1 heterocycles. The number of hydrogen-bond acceptors (Lipinski definition) is 1. The fourth-order valence-corrected chi connectivity index (χ4v) is 1.64. The second kappa shape index (κ2) is 5.87. The summed E-state index contributed by atoms with van der Waals surface area (Å²) in [5.41, 5.74) is 3.03. The Balaban J connectivity index is 0.000000720. The van der Waals surface area contributed by atoms with E-state index in [4.69, 9.17) is 0 Å². The van der Waals surface area contributed by atoms with Crippen LogP contribution < -0.4 is 29.6 Å². The van der Waals surface area contributed by atoms with Gasteiger partial charge in [-0.2, -0.15) is 0 Å². The molecule has 0 aromatic heterocycles. The molecular formula is C10H13BNNa. The van der Waals surface area contributed by atoms with Crippen molar-refractivity contribution in [1.29, 1.82) is 0 Å². The molecule has 0 spiro atoms. The van der Waals surface area contributed by atoms with Gasteiger partial charge in [0.05, 0.1) is 0 Å². The van der Waals surface area contributed by atoms with Gasteiger partial charge in [-0.15, -0.1) is 0 Å². The minimum atomic E-state index is 0. The van der Waals surface area contributed by atoms with E-state index >= 15 is 0 Å². The third-order valence-corrected chi connectivity index (χ3v) is 2.32. The molecular weight excluding hydrogens is 168 g/mol. The van der Waals surface area contributed by atoms with Crippen molar-refractivity contribution in [2.24, 2.45) is 0 Å². The van der Waals surface area contributed by atoms with Crippen molar-refractivity contribution in [3.8, 4) is 0 Å². The number of hydrogen-bond donors (Lipinski definition) is 0. The Morgan fingerprint density at radius 3 is 2.46 bits per heavy atom. The molecule has 3 heteroatoms. The monoisotopic (exact) mass is 181 g/mol. The van der Waals surface area contributed by atoms with Crippen molar-refractivity contribution in [2.75, 3.05) is 13.6 Å². The van der Waals surface area contributed by atoms with Crippen molar-refractivity contribution in [2.45, 2.75) is 13.0 Å². The minimum Gasteiger partial charge on any atom is -1.00 e. The Morgan fingerprint density at radius 1 is 1.15 bits per heavy atom. The quantitative estimate of drug-likeness (QED) is 0.431. The van der Waals surface area contributed by atoms with E-state index in [-0.39, 0.29) is 38.0 Å². The van der Waals surface area contributed by atoms with E-state index in [0.29, 0.717) is 0 Å². The van der Waals surface area contributed by atoms with Crippen LogP contribution in [0.5, 0.6) is 0 Å². The van der Waals surface area contributed by atoms with Crippen molar-refractivity contribution < 1.29 is 29.6 Å². The molecule has 0 amide bonds. The summed E-state index contributed by atoms with van der Waals surface area (Å²) in [5.74, 6) is 0. The Morgan fingerprint density at radius 2 is 1.77 bits per heavy atom. The van der Waals surface area contributed by atoms with Crippen LogP contribution in [0.25, 0.3) is 0 Å². The van der Waals surface area contributed by atoms with E-state index in [1.165, 1.54) is 24.1 Å². The average Bonchev–Trinajstić information content (AvgIpc) is 2.04. The molecule has 4 radical (unpaired) electrons. The number of benzene rings is 1. The van der Waals surface area contributed by atoms with Crippen LogP contribution in [0.4, 0.5) is 0 Å². The van der Waals surface area contributed by atoms with Gasteiger partial charge in [0.15, 0.2) is 0 Å². The molecule has 0 atom stereocenters. The van der Waals surface area contributed by atoms with Crippen molar-refractivity contribution in [3.05, 3.63) is 35.4 Å². The number of rotatable bonds is 0. The number of fused-ring (bicyclic) bond motifs is 1. The SMILES string of the molecule is CN1CCc2ccccc2C1.[B-].[Na+]. The van der Waals surface area contributed by atoms with Gasteiger partial charge in [-0.3, -0.25) is 0 Å². The van der Waals surface area contributed by atoms with E-state index in [9.17, 15) is 0 Å². The first-order chi connectivity index (χ1) is 5.36. The van der Waals surface area contributed by atoms with Gasteiger partial charge in [0.1, 0.15) is 0 Å². The topological polar surface area (TPSA) is 3.24 Å². The second-order valence-corrected chi connectivity index (χ2v) is 3.26. The average molecular weight is 181 g/mol. The van der Waals surface area contributed by atoms with Gasteiger partial charge in [-0.25, -0.2) is 0 Å². The van der Waals surface area contributed by atoms with Gasteiger partial charge in [0.25, 0.3) is 0 Å². The Kier molecular flexibility index (Phi) is 5.98. The zero-order valence-electron chi connectivity index (χ0n) is 8.46. The standard InChI is InChI=1S/C10H13N.B.Na/c1-11-7-6-9-4-2-3-5-10(9)8-11;;/h2-5H,6-8H2,1H3;;/q;-1;+1. The molecule has 0 saturated heterocycles. The normalized spacial score (nSPS) is 15.2. The maximum atomic E-state index is 2.36. The number of nitrogens with zero attached hydrogens (tertiary/aromatic N) is 1. The molecule has 1 aliphatic heterocycles. The van der Waals surface area contributed by atoms with E-state index in [2.05, 4.69) is 36.2 Å². The number of likely N-dealkylation sites (N-methyl/N-ethyl adjacent to an activating group) is 1. The van der Waals surface area contributed by atoms with Gasteiger partial charge in [0.2, 0.25) is 0 Å². The zero-order chi connectivity index (χ0) is 7.68. The molecule has 1 aliphatic rings. The predicted octanol–water partition coefficient (Wildman–Crippen LogP) is -1.70. The molecule has 0 bridgehead atoms. The summed E-state index contributed by atoms with van der Waals surface area (Å²) in [7, 11) is 2.18. The molecule has 0 N–H and O–H groups in total. The molecule has 0 saturated carbocycles. The molecule has 1 aromatic rings. The van der Waals surface area contributed by atoms with Gasteiger partial charge in [-0.1, -0.05) is 24.3 Å². The molecule has 1 aromatic carbocycles. The Labute approximate surface area is 104 Å². The summed E-state index contributed by atoms with van der Waals surface area (Å²) in [5, 5.41) is 0. The smallest absolute Gasteiger partial charge is 1.00 e. The van der Waals surface area contributed by atoms with E-state index in [0.717, 1.165) is 6.54 Å². The Hall–Kier alpha value is 0.245. The van der Waals surface area contributed by atoms with Crippen LogP contribution in [0.1, 0.15) is 11.1 Å². The third-order valence-electron chi connectivity index (χ3n) is 2.32. The summed E-state index contributed by atoms with van der Waals surface area (Å²) in [6, 6.07) is 8.72. The van der Waals surface area contributed by atoms with Gasteiger partial charge in [-0.05, 0) is 24.6 Å². The zero-order valence-corrected chi connectivity index (χ0v) is 10.5. The van der Waals surface area contributed by atoms with Crippen LogP contribution in [0.3, 0.4) is 0 Å². The first-order valence-corrected chi connectivity index (χ1v) is 4.11. The van der Waals surface area contributed by atoms with Crippen LogP contribution in [0.2, 0.25) is 0 Å². The minimum absolute atomic E-state index is 0. The van der Waals surface area contributed by atoms with Crippen LogP contribution in [-0.2, 0) is 13.0 Å². The van der Waals surface area contributed by atoms with Crippen molar-refractivity contribution >= 4 is 8.41 Å². The summed E-state index contributed by atoms with van der Waals surface area (Å²) in [4.78, 5) is 2.36. The molecule has 0 aliphatic carbocycles. The molecule has 0 fully saturated rings. The molecule has 13 heavy (non-hydrogen) atoms. The first kappa shape index (κ1) is 13.2. The largest absolute Gasteiger partial charge is 1.00 e. The van der Waals surface area contributed by atoms with Crippen molar-refractivity contribution in [1.82, 2.24) is 4.90 Å². The Bertz CT molecular complexity index is 265. The maximum Gasteiger partial charge on any atom is 1.00 e. The summed E-state index contributed by atoms with van der Waals surface area (Å²) < 4.78 is 0. The van der Waals surface area contributed by atoms with Crippen LogP contribution in [0, 0.1) is 0 Å². The summed E-state index contributed by atoms with van der Waals surface area (Å²) >= 11 is 0. The fraction of sp³-hybridized carbons (Fsp3) is 0.400. The molecule has 0 unspecified atom stereocenters. The van der Waals surface area contributed by atoms with E-state index in [1.54, 1.807) is 0 Å². The van der Waals surface area contributed by atoms with Gasteiger partial charge < -0.3 is 13.3 Å². The van der Waals surface area contributed by atoms with Crippen LogP contribution in [-0.4, -0.2) is 26.9 Å². The molecule has 62 valence electrons. The fourth-order valence-electron chi connectivity index (χ4n) is 1.64. The van der Waals surface area contributed by atoms with Gasteiger partial charge in [0, 0.05) is 13.1 Å². The van der Waals surface area contributed by atoms with E-state index < -0.39 is 0 Å². The predicted molar refractivity (Wildman–Crippen MR) is 52.2 cm³/mol. The van der Waals surface area contributed by atoms with Crippen LogP contribution >= 0.6 is 0 Å².